The molecule has 0 radical (unpaired) electrons. The Balaban J connectivity index is 1.85. The van der Waals surface area contributed by atoms with Crippen LogP contribution >= 0.6 is 0 Å². The largest absolute Gasteiger partial charge is 0.478 e. The van der Waals surface area contributed by atoms with E-state index in [0.29, 0.717) is 17.9 Å². The van der Waals surface area contributed by atoms with Gasteiger partial charge in [-0.1, -0.05) is 26.0 Å². The molecule has 1 aliphatic rings. The molecule has 19 heavy (non-hydrogen) atoms. The maximum absolute atomic E-state index is 11.8. The molecule has 4 heteroatoms. The standard InChI is InChI=1S/C15H19NO3/c1-15(2)8-12(15)9-16-13(17)7-10-4-3-5-11(6-10)14(18)19/h3-6,12H,7-9H2,1-2H3,(H,16,17)(H,18,19). The first-order valence-electron chi connectivity index (χ1n) is 6.47. The van der Waals surface area contributed by atoms with Gasteiger partial charge in [0.1, 0.15) is 0 Å². The zero-order valence-corrected chi connectivity index (χ0v) is 11.3. The predicted octanol–water partition coefficient (Wildman–Crippen LogP) is 2.09. The number of carbonyl (C=O) groups excluding carboxylic acids is 1. The molecule has 1 amide bonds. The Hall–Kier alpha value is -1.84. The number of nitrogens with one attached hydrogen (secondary N) is 1. The van der Waals surface area contributed by atoms with E-state index in [2.05, 4.69) is 19.2 Å². The van der Waals surface area contributed by atoms with E-state index in [1.165, 1.54) is 6.07 Å². The Kier molecular flexibility index (Phi) is 3.60. The maximum atomic E-state index is 11.8. The van der Waals surface area contributed by atoms with Crippen LogP contribution in [0.1, 0.15) is 36.2 Å². The van der Waals surface area contributed by atoms with E-state index in [1.807, 2.05) is 0 Å². The van der Waals surface area contributed by atoms with Crippen LogP contribution in [0.15, 0.2) is 24.3 Å². The third kappa shape index (κ3) is 3.56. The lowest BCUT2D eigenvalue weighted by molar-refractivity contribution is -0.120. The van der Waals surface area contributed by atoms with Gasteiger partial charge in [0.15, 0.2) is 0 Å². The lowest BCUT2D eigenvalue weighted by atomic mass is 10.1. The zero-order chi connectivity index (χ0) is 14.0. The van der Waals surface area contributed by atoms with Gasteiger partial charge in [-0.25, -0.2) is 4.79 Å². The molecule has 0 spiro atoms. The van der Waals surface area contributed by atoms with E-state index in [-0.39, 0.29) is 17.9 Å². The summed E-state index contributed by atoms with van der Waals surface area (Å²) in [5, 5.41) is 11.8. The molecule has 1 aliphatic carbocycles. The Bertz CT molecular complexity index is 508. The van der Waals surface area contributed by atoms with Gasteiger partial charge in [-0.05, 0) is 35.4 Å². The van der Waals surface area contributed by atoms with Gasteiger partial charge in [-0.2, -0.15) is 0 Å². The van der Waals surface area contributed by atoms with Crippen LogP contribution in [-0.4, -0.2) is 23.5 Å². The third-order valence-electron chi connectivity index (χ3n) is 3.80. The molecule has 0 bridgehead atoms. The average Bonchev–Trinajstić information content (AvgIpc) is 2.95. The van der Waals surface area contributed by atoms with Gasteiger partial charge in [0.05, 0.1) is 12.0 Å². The quantitative estimate of drug-likeness (QED) is 0.853. The maximum Gasteiger partial charge on any atom is 0.335 e. The van der Waals surface area contributed by atoms with E-state index in [0.717, 1.165) is 12.0 Å². The summed E-state index contributed by atoms with van der Waals surface area (Å²) in [6.45, 7) is 5.10. The van der Waals surface area contributed by atoms with Crippen LogP contribution in [0.4, 0.5) is 0 Å². The molecule has 4 nitrogen and oxygen atoms in total. The van der Waals surface area contributed by atoms with Crippen LogP contribution in [0.2, 0.25) is 0 Å². The monoisotopic (exact) mass is 261 g/mol. The molecule has 1 atom stereocenters. The van der Waals surface area contributed by atoms with E-state index in [4.69, 9.17) is 5.11 Å². The molecular weight excluding hydrogens is 242 g/mol. The smallest absolute Gasteiger partial charge is 0.335 e. The fourth-order valence-electron chi connectivity index (χ4n) is 2.22. The highest BCUT2D eigenvalue weighted by Gasteiger charge is 2.45. The van der Waals surface area contributed by atoms with Crippen LogP contribution in [0.5, 0.6) is 0 Å². The van der Waals surface area contributed by atoms with Gasteiger partial charge >= 0.3 is 5.97 Å². The summed E-state index contributed by atoms with van der Waals surface area (Å²) < 4.78 is 0. The average molecular weight is 261 g/mol. The van der Waals surface area contributed by atoms with E-state index < -0.39 is 5.97 Å². The molecule has 1 unspecified atom stereocenters. The van der Waals surface area contributed by atoms with Gasteiger partial charge in [0.25, 0.3) is 0 Å². The summed E-state index contributed by atoms with van der Waals surface area (Å²) in [4.78, 5) is 22.6. The van der Waals surface area contributed by atoms with Crippen molar-refractivity contribution in [3.8, 4) is 0 Å². The fourth-order valence-corrected chi connectivity index (χ4v) is 2.22. The minimum Gasteiger partial charge on any atom is -0.478 e. The summed E-state index contributed by atoms with van der Waals surface area (Å²) in [5.41, 5.74) is 1.30. The van der Waals surface area contributed by atoms with Crippen LogP contribution < -0.4 is 5.32 Å². The Morgan fingerprint density at radius 1 is 1.42 bits per heavy atom. The normalized spacial score (nSPS) is 19.8. The second-order valence-electron chi connectivity index (χ2n) is 5.88. The molecule has 102 valence electrons. The number of hydrogen-bond donors (Lipinski definition) is 2. The summed E-state index contributed by atoms with van der Waals surface area (Å²) in [5.74, 6) is -0.450. The van der Waals surface area contributed by atoms with Gasteiger partial charge < -0.3 is 10.4 Å². The van der Waals surface area contributed by atoms with Crippen molar-refractivity contribution >= 4 is 11.9 Å². The second kappa shape index (κ2) is 5.03. The molecule has 1 aromatic carbocycles. The van der Waals surface area contributed by atoms with Crippen molar-refractivity contribution < 1.29 is 14.7 Å². The molecule has 0 aromatic heterocycles. The van der Waals surface area contributed by atoms with Gasteiger partial charge in [-0.15, -0.1) is 0 Å². The van der Waals surface area contributed by atoms with Crippen molar-refractivity contribution in [2.45, 2.75) is 26.7 Å². The van der Waals surface area contributed by atoms with Crippen molar-refractivity contribution in [3.05, 3.63) is 35.4 Å². The number of benzene rings is 1. The van der Waals surface area contributed by atoms with Crippen LogP contribution in [0, 0.1) is 11.3 Å². The number of carboxylic acid groups (broad SMARTS) is 1. The minimum atomic E-state index is -0.970. The Morgan fingerprint density at radius 3 is 2.68 bits per heavy atom. The van der Waals surface area contributed by atoms with Crippen molar-refractivity contribution in [1.82, 2.24) is 5.32 Å². The molecule has 2 rings (SSSR count). The number of carboxylic acids is 1. The first-order chi connectivity index (χ1) is 8.88. The topological polar surface area (TPSA) is 66.4 Å². The number of amides is 1. The first kappa shape index (κ1) is 13.6. The van der Waals surface area contributed by atoms with Crippen molar-refractivity contribution in [3.63, 3.8) is 0 Å². The SMILES string of the molecule is CC1(C)CC1CNC(=O)Cc1cccc(C(=O)O)c1. The predicted molar refractivity (Wildman–Crippen MR) is 72.0 cm³/mol. The molecule has 0 saturated heterocycles. The number of aromatic carboxylic acids is 1. The highest BCUT2D eigenvalue weighted by molar-refractivity contribution is 5.88. The van der Waals surface area contributed by atoms with Crippen molar-refractivity contribution in [2.24, 2.45) is 11.3 Å². The number of carbonyl (C=O) groups is 2. The summed E-state index contributed by atoms with van der Waals surface area (Å²) in [6.07, 6.45) is 1.38. The third-order valence-corrected chi connectivity index (χ3v) is 3.80. The van der Waals surface area contributed by atoms with Gasteiger partial charge in [0.2, 0.25) is 5.91 Å². The molecule has 1 aromatic rings. The summed E-state index contributed by atoms with van der Waals surface area (Å²) >= 11 is 0. The van der Waals surface area contributed by atoms with E-state index in [1.54, 1.807) is 18.2 Å². The lowest BCUT2D eigenvalue weighted by Crippen LogP contribution is -2.28. The van der Waals surface area contributed by atoms with Crippen LogP contribution in [-0.2, 0) is 11.2 Å². The molecule has 2 N–H and O–H groups in total. The van der Waals surface area contributed by atoms with Crippen LogP contribution in [0.3, 0.4) is 0 Å². The van der Waals surface area contributed by atoms with E-state index in [9.17, 15) is 9.59 Å². The van der Waals surface area contributed by atoms with Crippen molar-refractivity contribution in [1.29, 1.82) is 0 Å². The zero-order valence-electron chi connectivity index (χ0n) is 11.3. The highest BCUT2D eigenvalue weighted by atomic mass is 16.4. The number of hydrogen-bond acceptors (Lipinski definition) is 2. The Labute approximate surface area is 112 Å². The molecular formula is C15H19NO3. The van der Waals surface area contributed by atoms with Gasteiger partial charge in [-0.3, -0.25) is 4.79 Å². The molecule has 1 saturated carbocycles. The summed E-state index contributed by atoms with van der Waals surface area (Å²) in [6, 6.07) is 6.50. The number of rotatable bonds is 5. The lowest BCUT2D eigenvalue weighted by Gasteiger charge is -2.07. The summed E-state index contributed by atoms with van der Waals surface area (Å²) in [7, 11) is 0. The second-order valence-corrected chi connectivity index (χ2v) is 5.88. The molecule has 0 aliphatic heterocycles. The Morgan fingerprint density at radius 2 is 2.11 bits per heavy atom. The minimum absolute atomic E-state index is 0.0507. The van der Waals surface area contributed by atoms with Crippen molar-refractivity contribution in [2.75, 3.05) is 6.54 Å². The first-order valence-corrected chi connectivity index (χ1v) is 6.47. The highest BCUT2D eigenvalue weighted by Crippen LogP contribution is 2.50. The fraction of sp³-hybridized carbons (Fsp3) is 0.467. The van der Waals surface area contributed by atoms with Crippen LogP contribution in [0.25, 0.3) is 0 Å². The van der Waals surface area contributed by atoms with Gasteiger partial charge in [0, 0.05) is 6.54 Å². The molecule has 1 fully saturated rings. The van der Waals surface area contributed by atoms with E-state index >= 15 is 0 Å². The molecule has 0 heterocycles.